The number of carbonyl (C=O) groups excluding carboxylic acids is 1. The van der Waals surface area contributed by atoms with Crippen LogP contribution < -0.4 is 15.8 Å². The third kappa shape index (κ3) is 4.34. The van der Waals surface area contributed by atoms with Crippen molar-refractivity contribution in [3.8, 4) is 5.75 Å². The molecule has 0 heterocycles. The Morgan fingerprint density at radius 3 is 2.76 bits per heavy atom. The molecule has 1 aliphatic carbocycles. The summed E-state index contributed by atoms with van der Waals surface area (Å²) in [6.07, 6.45) is 4.31. The summed E-state index contributed by atoms with van der Waals surface area (Å²) in [7, 11) is 0. The zero-order valence-electron chi connectivity index (χ0n) is 12.0. The molecule has 0 unspecified atom stereocenters. The minimum Gasteiger partial charge on any atom is -0.491 e. The van der Waals surface area contributed by atoms with E-state index < -0.39 is 0 Å². The lowest BCUT2D eigenvalue weighted by molar-refractivity contribution is -0.117. The first kappa shape index (κ1) is 16.6. The molecule has 21 heavy (non-hydrogen) atoms. The monoisotopic (exact) mass is 374 g/mol. The third-order valence-corrected chi connectivity index (χ3v) is 4.49. The fourth-order valence-electron chi connectivity index (χ4n) is 2.71. The first-order valence-electron chi connectivity index (χ1n) is 7.14. The number of nitrogens with two attached hydrogens (primary N) is 1. The summed E-state index contributed by atoms with van der Waals surface area (Å²) in [6.45, 7) is 2.39. The van der Waals surface area contributed by atoms with Crippen LogP contribution in [-0.2, 0) is 4.79 Å². The van der Waals surface area contributed by atoms with E-state index in [1.807, 2.05) is 6.92 Å². The van der Waals surface area contributed by atoms with E-state index >= 15 is 0 Å². The van der Waals surface area contributed by atoms with E-state index in [0.717, 1.165) is 30.2 Å². The van der Waals surface area contributed by atoms with Crippen molar-refractivity contribution < 1.29 is 9.53 Å². The molecule has 4 nitrogen and oxygen atoms in total. The van der Waals surface area contributed by atoms with Crippen LogP contribution in [0.5, 0.6) is 5.75 Å². The molecule has 0 saturated heterocycles. The smallest absolute Gasteiger partial charge is 0.226 e. The summed E-state index contributed by atoms with van der Waals surface area (Å²) in [5, 5.41) is 3.40. The Labute approximate surface area is 138 Å². The van der Waals surface area contributed by atoms with Gasteiger partial charge in [0.1, 0.15) is 0 Å². The number of ether oxygens (including phenoxy) is 1. The number of nitrogens with one attached hydrogen (secondary N) is 1. The highest BCUT2D eigenvalue weighted by Crippen LogP contribution is 2.37. The number of rotatable bonds is 5. The van der Waals surface area contributed by atoms with Crippen molar-refractivity contribution in [1.82, 2.24) is 0 Å². The van der Waals surface area contributed by atoms with E-state index in [-0.39, 0.29) is 11.4 Å². The molecule has 0 bridgehead atoms. The molecule has 0 aliphatic heterocycles. The molecule has 1 aliphatic rings. The maximum absolute atomic E-state index is 12.2. The molecule has 0 atom stereocenters. The van der Waals surface area contributed by atoms with Crippen molar-refractivity contribution in [2.45, 2.75) is 44.6 Å². The number of amides is 1. The summed E-state index contributed by atoms with van der Waals surface area (Å²) in [5.41, 5.74) is 6.45. The van der Waals surface area contributed by atoms with Crippen molar-refractivity contribution in [3.05, 3.63) is 21.6 Å². The number of hydrogen-bond donors (Lipinski definition) is 2. The fraction of sp³-hybridized carbons (Fsp3) is 0.533. The van der Waals surface area contributed by atoms with Gasteiger partial charge in [-0.2, -0.15) is 0 Å². The normalized spacial score (nSPS) is 16.8. The third-order valence-electron chi connectivity index (χ3n) is 3.68. The Bertz CT molecular complexity index is 531. The summed E-state index contributed by atoms with van der Waals surface area (Å²) in [4.78, 5) is 12.2. The van der Waals surface area contributed by atoms with Crippen LogP contribution in [0.2, 0.25) is 5.02 Å². The standard InChI is InChI=1S/C15H20BrClN2O2/c1-2-21-14-11(16)7-10(17)8-12(14)19-13(20)9-15(18)5-3-4-6-15/h7-8H,2-6,9,18H2,1H3,(H,19,20). The predicted octanol–water partition coefficient (Wildman–Crippen LogP) is 4.10. The van der Waals surface area contributed by atoms with Gasteiger partial charge in [0.15, 0.2) is 5.75 Å². The van der Waals surface area contributed by atoms with Crippen molar-refractivity contribution in [1.29, 1.82) is 0 Å². The summed E-state index contributed by atoms with van der Waals surface area (Å²) >= 11 is 9.44. The van der Waals surface area contributed by atoms with Crippen LogP contribution in [-0.4, -0.2) is 18.1 Å². The molecule has 6 heteroatoms. The van der Waals surface area contributed by atoms with Crippen LogP contribution >= 0.6 is 27.5 Å². The molecular weight excluding hydrogens is 356 g/mol. The maximum atomic E-state index is 12.2. The van der Waals surface area contributed by atoms with Crippen LogP contribution in [0, 0.1) is 0 Å². The van der Waals surface area contributed by atoms with Crippen LogP contribution in [0.4, 0.5) is 5.69 Å². The van der Waals surface area contributed by atoms with Crippen LogP contribution in [0.1, 0.15) is 39.0 Å². The second kappa shape index (κ2) is 6.99. The molecule has 116 valence electrons. The van der Waals surface area contributed by atoms with Gasteiger partial charge in [-0.15, -0.1) is 0 Å². The van der Waals surface area contributed by atoms with Gasteiger partial charge in [-0.1, -0.05) is 24.4 Å². The van der Waals surface area contributed by atoms with Gasteiger partial charge in [-0.25, -0.2) is 0 Å². The fourth-order valence-corrected chi connectivity index (χ4v) is 3.64. The number of benzene rings is 1. The molecule has 0 aromatic heterocycles. The molecule has 2 rings (SSSR count). The van der Waals surface area contributed by atoms with Gasteiger partial charge >= 0.3 is 0 Å². The molecular formula is C15H20BrClN2O2. The van der Waals surface area contributed by atoms with Crippen molar-refractivity contribution in [3.63, 3.8) is 0 Å². The molecule has 0 spiro atoms. The van der Waals surface area contributed by atoms with Crippen molar-refractivity contribution in [2.75, 3.05) is 11.9 Å². The van der Waals surface area contributed by atoms with Crippen LogP contribution in [0.3, 0.4) is 0 Å². The lowest BCUT2D eigenvalue weighted by atomic mass is 9.94. The van der Waals surface area contributed by atoms with E-state index in [1.54, 1.807) is 12.1 Å². The van der Waals surface area contributed by atoms with Crippen molar-refractivity contribution >= 4 is 39.1 Å². The van der Waals surface area contributed by atoms with Crippen LogP contribution in [0.15, 0.2) is 16.6 Å². The summed E-state index contributed by atoms with van der Waals surface area (Å²) < 4.78 is 6.29. The van der Waals surface area contributed by atoms with Gasteiger partial charge in [-0.05, 0) is 47.8 Å². The maximum Gasteiger partial charge on any atom is 0.226 e. The minimum atomic E-state index is -0.369. The van der Waals surface area contributed by atoms with E-state index in [2.05, 4.69) is 21.2 Å². The van der Waals surface area contributed by atoms with Gasteiger partial charge in [0.2, 0.25) is 5.91 Å². The first-order valence-corrected chi connectivity index (χ1v) is 8.31. The number of carbonyl (C=O) groups is 1. The second-order valence-corrected chi connectivity index (χ2v) is 6.78. The highest BCUT2D eigenvalue weighted by atomic mass is 79.9. The van der Waals surface area contributed by atoms with Gasteiger partial charge < -0.3 is 15.8 Å². The first-order chi connectivity index (χ1) is 9.93. The quantitative estimate of drug-likeness (QED) is 0.814. The average Bonchev–Trinajstić information content (AvgIpc) is 2.79. The Kier molecular flexibility index (Phi) is 5.52. The molecule has 3 N–H and O–H groups in total. The van der Waals surface area contributed by atoms with Crippen molar-refractivity contribution in [2.24, 2.45) is 5.73 Å². The second-order valence-electron chi connectivity index (χ2n) is 5.49. The molecule has 1 saturated carbocycles. The predicted molar refractivity (Wildman–Crippen MR) is 89.0 cm³/mol. The summed E-state index contributed by atoms with van der Waals surface area (Å²) in [6, 6.07) is 3.43. The molecule has 1 aromatic rings. The number of hydrogen-bond acceptors (Lipinski definition) is 3. The highest BCUT2D eigenvalue weighted by Gasteiger charge is 2.32. The SMILES string of the molecule is CCOc1c(Br)cc(Cl)cc1NC(=O)CC1(N)CCCC1. The topological polar surface area (TPSA) is 64.3 Å². The van der Waals surface area contributed by atoms with E-state index in [4.69, 9.17) is 22.1 Å². The Morgan fingerprint density at radius 2 is 2.14 bits per heavy atom. The number of anilines is 1. The lowest BCUT2D eigenvalue weighted by Crippen LogP contribution is -2.40. The zero-order valence-corrected chi connectivity index (χ0v) is 14.4. The van der Waals surface area contributed by atoms with E-state index in [1.165, 1.54) is 0 Å². The zero-order chi connectivity index (χ0) is 15.5. The van der Waals surface area contributed by atoms with Gasteiger partial charge in [0.25, 0.3) is 0 Å². The van der Waals surface area contributed by atoms with E-state index in [0.29, 0.717) is 29.5 Å². The van der Waals surface area contributed by atoms with Gasteiger partial charge in [-0.3, -0.25) is 4.79 Å². The largest absolute Gasteiger partial charge is 0.491 e. The Hall–Kier alpha value is -0.780. The lowest BCUT2D eigenvalue weighted by Gasteiger charge is -2.23. The van der Waals surface area contributed by atoms with E-state index in [9.17, 15) is 4.79 Å². The van der Waals surface area contributed by atoms with Gasteiger partial charge in [0, 0.05) is 17.0 Å². The molecule has 1 aromatic carbocycles. The van der Waals surface area contributed by atoms with Gasteiger partial charge in [0.05, 0.1) is 16.8 Å². The minimum absolute atomic E-state index is 0.102. The van der Waals surface area contributed by atoms with Crippen LogP contribution in [0.25, 0.3) is 0 Å². The molecule has 1 fully saturated rings. The summed E-state index contributed by atoms with van der Waals surface area (Å²) in [5.74, 6) is 0.488. The Balaban J connectivity index is 2.12. The average molecular weight is 376 g/mol. The highest BCUT2D eigenvalue weighted by molar-refractivity contribution is 9.10. The Morgan fingerprint density at radius 1 is 1.48 bits per heavy atom. The number of halogens is 2. The molecule has 0 radical (unpaired) electrons. The molecule has 1 amide bonds.